The molecule has 0 aliphatic heterocycles. The van der Waals surface area contributed by atoms with Crippen LogP contribution in [0, 0.1) is 0 Å². The lowest BCUT2D eigenvalue weighted by molar-refractivity contribution is 0.415. The molecular weight excluding hydrogens is 372 g/mol. The van der Waals surface area contributed by atoms with Crippen LogP contribution in [0.4, 0.5) is 0 Å². The van der Waals surface area contributed by atoms with E-state index in [0.717, 1.165) is 11.3 Å². The van der Waals surface area contributed by atoms with Gasteiger partial charge in [-0.05, 0) is 35.7 Å². The number of aromatic amines is 1. The molecular formula is C16H14N6O2S2. The Labute approximate surface area is 156 Å². The lowest BCUT2D eigenvalue weighted by Gasteiger charge is -2.05. The van der Waals surface area contributed by atoms with Crippen molar-refractivity contribution in [1.29, 1.82) is 0 Å². The van der Waals surface area contributed by atoms with Gasteiger partial charge in [-0.3, -0.25) is 4.79 Å². The number of H-pyrrole nitrogens is 1. The highest BCUT2D eigenvalue weighted by atomic mass is 32.2. The first-order chi connectivity index (χ1) is 12.7. The number of thioether (sulfide) groups is 1. The van der Waals surface area contributed by atoms with Crippen molar-refractivity contribution in [3.05, 3.63) is 51.9 Å². The van der Waals surface area contributed by atoms with Crippen LogP contribution >= 0.6 is 23.1 Å². The Morgan fingerprint density at radius 2 is 2.08 bits per heavy atom. The fourth-order valence-electron chi connectivity index (χ4n) is 2.44. The van der Waals surface area contributed by atoms with Crippen molar-refractivity contribution < 1.29 is 4.74 Å². The number of methoxy groups -OCH3 is 1. The minimum atomic E-state index is -0.131. The fraction of sp³-hybridized carbons (Fsp3) is 0.125. The van der Waals surface area contributed by atoms with Crippen molar-refractivity contribution in [2.75, 3.05) is 13.0 Å². The maximum atomic E-state index is 12.0. The predicted octanol–water partition coefficient (Wildman–Crippen LogP) is 2.26. The largest absolute Gasteiger partial charge is 0.497 e. The minimum Gasteiger partial charge on any atom is -0.497 e. The van der Waals surface area contributed by atoms with Crippen molar-refractivity contribution in [3.8, 4) is 17.1 Å². The normalized spacial score (nSPS) is 11.1. The van der Waals surface area contributed by atoms with Gasteiger partial charge in [-0.15, -0.1) is 21.5 Å². The van der Waals surface area contributed by atoms with Gasteiger partial charge in [-0.25, -0.2) is 9.66 Å². The first kappa shape index (κ1) is 16.6. The third-order valence-electron chi connectivity index (χ3n) is 3.71. The van der Waals surface area contributed by atoms with Crippen molar-refractivity contribution in [1.82, 2.24) is 24.8 Å². The van der Waals surface area contributed by atoms with Gasteiger partial charge in [0.25, 0.3) is 5.56 Å². The molecule has 3 aromatic heterocycles. The molecule has 3 heterocycles. The summed E-state index contributed by atoms with van der Waals surface area (Å²) in [6, 6.07) is 9.23. The van der Waals surface area contributed by atoms with Crippen LogP contribution in [0.15, 0.2) is 45.7 Å². The highest BCUT2D eigenvalue weighted by Gasteiger charge is 2.13. The average Bonchev–Trinajstić information content (AvgIpc) is 3.27. The van der Waals surface area contributed by atoms with Crippen molar-refractivity contribution in [3.63, 3.8) is 0 Å². The maximum Gasteiger partial charge on any atom is 0.268 e. The van der Waals surface area contributed by atoms with E-state index < -0.39 is 0 Å². The molecule has 0 aliphatic rings. The first-order valence-electron chi connectivity index (χ1n) is 7.60. The van der Waals surface area contributed by atoms with Crippen LogP contribution in [0.25, 0.3) is 21.6 Å². The summed E-state index contributed by atoms with van der Waals surface area (Å²) >= 11 is 2.73. The first-order valence-corrected chi connectivity index (χ1v) is 9.46. The Balaban J connectivity index is 1.55. The molecule has 0 amide bonds. The summed E-state index contributed by atoms with van der Waals surface area (Å²) in [5.41, 5.74) is 1.40. The van der Waals surface area contributed by atoms with E-state index in [0.29, 0.717) is 32.8 Å². The summed E-state index contributed by atoms with van der Waals surface area (Å²) in [6.45, 7) is 0. The summed E-state index contributed by atoms with van der Waals surface area (Å²) < 4.78 is 7.20. The van der Waals surface area contributed by atoms with E-state index in [1.807, 2.05) is 35.7 Å². The van der Waals surface area contributed by atoms with Crippen molar-refractivity contribution in [2.24, 2.45) is 0 Å². The molecule has 8 nitrogen and oxygen atoms in total. The van der Waals surface area contributed by atoms with Gasteiger partial charge in [0, 0.05) is 5.56 Å². The summed E-state index contributed by atoms with van der Waals surface area (Å²) in [5, 5.41) is 10.7. The number of rotatable bonds is 5. The lowest BCUT2D eigenvalue weighted by atomic mass is 10.2. The molecule has 4 rings (SSSR count). The molecule has 0 spiro atoms. The number of fused-ring (bicyclic) bond motifs is 1. The molecule has 0 aliphatic carbocycles. The molecule has 0 radical (unpaired) electrons. The summed E-state index contributed by atoms with van der Waals surface area (Å²) in [7, 11) is 1.61. The number of ether oxygens (including phenoxy) is 1. The van der Waals surface area contributed by atoms with E-state index >= 15 is 0 Å². The lowest BCUT2D eigenvalue weighted by Crippen LogP contribution is -2.12. The molecule has 0 fully saturated rings. The monoisotopic (exact) mass is 386 g/mol. The number of thiophene rings is 1. The zero-order valence-electron chi connectivity index (χ0n) is 13.7. The van der Waals surface area contributed by atoms with Crippen LogP contribution in [0.3, 0.4) is 0 Å². The second kappa shape index (κ2) is 6.81. The molecule has 26 heavy (non-hydrogen) atoms. The zero-order valence-corrected chi connectivity index (χ0v) is 15.3. The standard InChI is InChI=1S/C16H14N6O2S2/c1-24-10-4-2-9(3-5-10)14-20-21-16(22(14)17)26-8-12-18-11-6-7-25-13(11)15(23)19-12/h2-7H,8,17H2,1H3,(H,18,19,23). The van der Waals surface area contributed by atoms with Crippen LogP contribution in [0.2, 0.25) is 0 Å². The molecule has 1 aromatic carbocycles. The van der Waals surface area contributed by atoms with E-state index in [9.17, 15) is 4.79 Å². The number of benzene rings is 1. The Hall–Kier alpha value is -2.85. The van der Waals surface area contributed by atoms with Gasteiger partial charge in [-0.1, -0.05) is 11.8 Å². The number of nitrogen functional groups attached to an aromatic ring is 1. The molecule has 0 atom stereocenters. The molecule has 0 saturated heterocycles. The van der Waals surface area contributed by atoms with Gasteiger partial charge < -0.3 is 15.6 Å². The Morgan fingerprint density at radius 1 is 1.27 bits per heavy atom. The molecule has 10 heteroatoms. The highest BCUT2D eigenvalue weighted by Crippen LogP contribution is 2.25. The Kier molecular flexibility index (Phi) is 4.35. The number of nitrogens with two attached hydrogens (primary N) is 1. The average molecular weight is 386 g/mol. The van der Waals surface area contributed by atoms with Crippen LogP contribution < -0.4 is 16.1 Å². The maximum absolute atomic E-state index is 12.0. The van der Waals surface area contributed by atoms with Gasteiger partial charge in [-0.2, -0.15) is 0 Å². The number of nitrogens with one attached hydrogen (secondary N) is 1. The number of hydrogen-bond donors (Lipinski definition) is 2. The quantitative estimate of drug-likeness (QED) is 0.400. The van der Waals surface area contributed by atoms with E-state index in [1.54, 1.807) is 7.11 Å². The third kappa shape index (κ3) is 3.04. The van der Waals surface area contributed by atoms with Gasteiger partial charge in [0.2, 0.25) is 5.16 Å². The summed E-state index contributed by atoms with van der Waals surface area (Å²) in [6.07, 6.45) is 0. The Morgan fingerprint density at radius 3 is 2.85 bits per heavy atom. The van der Waals surface area contributed by atoms with Crippen molar-refractivity contribution >= 4 is 33.3 Å². The topological polar surface area (TPSA) is 112 Å². The molecule has 0 bridgehead atoms. The number of nitrogens with zero attached hydrogens (tertiary/aromatic N) is 4. The molecule has 0 saturated carbocycles. The van der Waals surface area contributed by atoms with Gasteiger partial charge in [0.05, 0.1) is 18.4 Å². The van der Waals surface area contributed by atoms with Crippen LogP contribution in [0.5, 0.6) is 5.75 Å². The SMILES string of the molecule is COc1ccc(-c2nnc(SCc3nc4ccsc4c(=O)[nH]3)n2N)cc1. The second-order valence-corrected chi connectivity index (χ2v) is 7.20. The molecule has 132 valence electrons. The Bertz CT molecular complexity index is 1120. The second-order valence-electron chi connectivity index (χ2n) is 5.34. The van der Waals surface area contributed by atoms with E-state index in [4.69, 9.17) is 10.6 Å². The van der Waals surface area contributed by atoms with E-state index in [-0.39, 0.29) is 5.56 Å². The highest BCUT2D eigenvalue weighted by molar-refractivity contribution is 7.98. The molecule has 0 unspecified atom stereocenters. The van der Waals surface area contributed by atoms with E-state index in [1.165, 1.54) is 27.8 Å². The van der Waals surface area contributed by atoms with Crippen LogP contribution in [-0.4, -0.2) is 32.0 Å². The molecule has 3 N–H and O–H groups in total. The summed E-state index contributed by atoms with van der Waals surface area (Å²) in [4.78, 5) is 19.3. The van der Waals surface area contributed by atoms with Crippen molar-refractivity contribution in [2.45, 2.75) is 10.9 Å². The predicted molar refractivity (Wildman–Crippen MR) is 102 cm³/mol. The smallest absolute Gasteiger partial charge is 0.268 e. The van der Waals surface area contributed by atoms with Crippen LogP contribution in [0.1, 0.15) is 5.82 Å². The fourth-order valence-corrected chi connectivity index (χ4v) is 3.89. The number of hydrogen-bond acceptors (Lipinski definition) is 8. The summed E-state index contributed by atoms with van der Waals surface area (Å²) in [5.74, 6) is 8.42. The number of aromatic nitrogens is 5. The van der Waals surface area contributed by atoms with E-state index in [2.05, 4.69) is 20.2 Å². The van der Waals surface area contributed by atoms with Crippen LogP contribution in [-0.2, 0) is 5.75 Å². The van der Waals surface area contributed by atoms with Gasteiger partial charge in [0.15, 0.2) is 5.82 Å². The van der Waals surface area contributed by atoms with Gasteiger partial charge >= 0.3 is 0 Å². The van der Waals surface area contributed by atoms with Gasteiger partial charge in [0.1, 0.15) is 16.3 Å². The zero-order chi connectivity index (χ0) is 18.1. The minimum absolute atomic E-state index is 0.131. The molecule has 4 aromatic rings. The third-order valence-corrected chi connectivity index (χ3v) is 5.57.